The van der Waals surface area contributed by atoms with Gasteiger partial charge in [-0.2, -0.15) is 5.26 Å². The second-order valence-electron chi connectivity index (χ2n) is 5.29. The van der Waals surface area contributed by atoms with Gasteiger partial charge < -0.3 is 10.6 Å². The minimum Gasteiger partial charge on any atom is -0.398 e. The summed E-state index contributed by atoms with van der Waals surface area (Å²) < 4.78 is 0. The van der Waals surface area contributed by atoms with Crippen LogP contribution in [0.15, 0.2) is 18.2 Å². The van der Waals surface area contributed by atoms with Gasteiger partial charge in [-0.05, 0) is 50.5 Å². The summed E-state index contributed by atoms with van der Waals surface area (Å²) in [7, 11) is 0. The zero-order valence-corrected chi connectivity index (χ0v) is 10.5. The van der Waals surface area contributed by atoms with Crippen LogP contribution in [0.5, 0.6) is 0 Å². The highest BCUT2D eigenvalue weighted by Gasteiger charge is 2.31. The second-order valence-corrected chi connectivity index (χ2v) is 5.29. The zero-order valence-electron chi connectivity index (χ0n) is 10.5. The molecule has 3 nitrogen and oxygen atoms in total. The normalized spacial score (nSPS) is 18.1. The number of benzene rings is 1. The van der Waals surface area contributed by atoms with Crippen LogP contribution in [0.4, 0.5) is 11.4 Å². The maximum Gasteiger partial charge on any atom is 0.0670 e. The van der Waals surface area contributed by atoms with Gasteiger partial charge in [0.2, 0.25) is 0 Å². The Morgan fingerprint density at radius 1 is 1.47 bits per heavy atom. The lowest BCUT2D eigenvalue weighted by Crippen LogP contribution is -2.38. The lowest BCUT2D eigenvalue weighted by Gasteiger charge is -2.34. The van der Waals surface area contributed by atoms with Crippen LogP contribution in [0.25, 0.3) is 0 Å². The molecule has 0 aromatic heterocycles. The molecule has 1 aliphatic heterocycles. The van der Waals surface area contributed by atoms with Gasteiger partial charge >= 0.3 is 0 Å². The Kier molecular flexibility index (Phi) is 2.97. The zero-order chi connectivity index (χ0) is 12.5. The molecule has 0 bridgehead atoms. The van der Waals surface area contributed by atoms with Gasteiger partial charge in [-0.3, -0.25) is 0 Å². The van der Waals surface area contributed by atoms with Gasteiger partial charge in [0, 0.05) is 23.5 Å². The fourth-order valence-electron chi connectivity index (χ4n) is 2.58. The number of nitrogens with two attached hydrogens (primary N) is 1. The molecule has 0 atom stereocenters. The van der Waals surface area contributed by atoms with Crippen molar-refractivity contribution < 1.29 is 0 Å². The molecule has 1 heterocycles. The molecule has 1 aromatic carbocycles. The minimum absolute atomic E-state index is 0.208. The number of nitrogens with zero attached hydrogens (tertiary/aromatic N) is 2. The predicted octanol–water partition coefficient (Wildman–Crippen LogP) is 2.71. The van der Waals surface area contributed by atoms with Crippen LogP contribution in [-0.4, -0.2) is 12.1 Å². The molecule has 90 valence electrons. The SMILES string of the molecule is CC1(C)CCCN1c1ccc(N)c(CC#N)c1. The Bertz CT molecular complexity index is 457. The number of rotatable bonds is 2. The first-order valence-electron chi connectivity index (χ1n) is 6.07. The molecular weight excluding hydrogens is 210 g/mol. The molecule has 0 radical (unpaired) electrons. The standard InChI is InChI=1S/C14H19N3/c1-14(2)7-3-9-17(14)12-4-5-13(16)11(10-12)6-8-15/h4-5,10H,3,6-7,9,16H2,1-2H3. The van der Waals surface area contributed by atoms with E-state index in [-0.39, 0.29) is 5.54 Å². The minimum atomic E-state index is 0.208. The fourth-order valence-corrected chi connectivity index (χ4v) is 2.58. The number of nitriles is 1. The Hall–Kier alpha value is -1.69. The van der Waals surface area contributed by atoms with Crippen molar-refractivity contribution >= 4 is 11.4 Å². The first-order chi connectivity index (χ1) is 8.04. The summed E-state index contributed by atoms with van der Waals surface area (Å²) in [6, 6.07) is 8.20. The van der Waals surface area contributed by atoms with Gasteiger partial charge in [-0.25, -0.2) is 0 Å². The third-order valence-electron chi connectivity index (χ3n) is 3.61. The van der Waals surface area contributed by atoms with Crippen molar-refractivity contribution in [2.75, 3.05) is 17.2 Å². The molecule has 1 saturated heterocycles. The Labute approximate surface area is 103 Å². The summed E-state index contributed by atoms with van der Waals surface area (Å²) in [4.78, 5) is 2.41. The first-order valence-corrected chi connectivity index (χ1v) is 6.07. The molecule has 0 aliphatic carbocycles. The highest BCUT2D eigenvalue weighted by molar-refractivity contribution is 5.60. The molecule has 3 heteroatoms. The summed E-state index contributed by atoms with van der Waals surface area (Å²) in [6.07, 6.45) is 2.82. The molecule has 0 saturated carbocycles. The molecule has 0 unspecified atom stereocenters. The van der Waals surface area contributed by atoms with E-state index in [1.54, 1.807) is 0 Å². The summed E-state index contributed by atoms with van der Waals surface area (Å²) in [5.74, 6) is 0. The van der Waals surface area contributed by atoms with Crippen molar-refractivity contribution in [1.82, 2.24) is 0 Å². The molecule has 2 N–H and O–H groups in total. The van der Waals surface area contributed by atoms with E-state index >= 15 is 0 Å². The summed E-state index contributed by atoms with van der Waals surface area (Å²) in [6.45, 7) is 5.61. The highest BCUT2D eigenvalue weighted by Crippen LogP contribution is 2.34. The Morgan fingerprint density at radius 3 is 2.82 bits per heavy atom. The molecule has 1 aromatic rings. The van der Waals surface area contributed by atoms with Gasteiger partial charge in [0.25, 0.3) is 0 Å². The molecule has 1 aliphatic rings. The van der Waals surface area contributed by atoms with Crippen molar-refractivity contribution in [2.24, 2.45) is 0 Å². The molecule has 0 spiro atoms. The molecule has 0 amide bonds. The van der Waals surface area contributed by atoms with Crippen molar-refractivity contribution in [3.8, 4) is 6.07 Å². The van der Waals surface area contributed by atoms with Crippen LogP contribution in [-0.2, 0) is 6.42 Å². The van der Waals surface area contributed by atoms with Crippen molar-refractivity contribution in [2.45, 2.75) is 38.6 Å². The monoisotopic (exact) mass is 229 g/mol. The van der Waals surface area contributed by atoms with Gasteiger partial charge in [0.1, 0.15) is 0 Å². The van der Waals surface area contributed by atoms with Crippen LogP contribution in [0.3, 0.4) is 0 Å². The predicted molar refractivity (Wildman–Crippen MR) is 70.8 cm³/mol. The molecule has 17 heavy (non-hydrogen) atoms. The van der Waals surface area contributed by atoms with Crippen LogP contribution in [0.1, 0.15) is 32.3 Å². The smallest absolute Gasteiger partial charge is 0.0670 e. The Morgan fingerprint density at radius 2 is 2.24 bits per heavy atom. The summed E-state index contributed by atoms with van der Waals surface area (Å²) in [5.41, 5.74) is 8.92. The van der Waals surface area contributed by atoms with E-state index in [0.717, 1.165) is 12.1 Å². The van der Waals surface area contributed by atoms with Crippen LogP contribution in [0, 0.1) is 11.3 Å². The number of nitrogen functional groups attached to an aromatic ring is 1. The summed E-state index contributed by atoms with van der Waals surface area (Å²) >= 11 is 0. The fraction of sp³-hybridized carbons (Fsp3) is 0.500. The topological polar surface area (TPSA) is 53.0 Å². The number of hydrogen-bond donors (Lipinski definition) is 1. The van der Waals surface area contributed by atoms with Crippen molar-refractivity contribution in [1.29, 1.82) is 5.26 Å². The lowest BCUT2D eigenvalue weighted by atomic mass is 10.0. The van der Waals surface area contributed by atoms with Crippen LogP contribution >= 0.6 is 0 Å². The van der Waals surface area contributed by atoms with Gasteiger partial charge in [-0.15, -0.1) is 0 Å². The Balaban J connectivity index is 2.34. The quantitative estimate of drug-likeness (QED) is 0.793. The highest BCUT2D eigenvalue weighted by atomic mass is 15.2. The third-order valence-corrected chi connectivity index (χ3v) is 3.61. The third kappa shape index (κ3) is 2.21. The molecule has 2 rings (SSSR count). The average molecular weight is 229 g/mol. The largest absolute Gasteiger partial charge is 0.398 e. The lowest BCUT2D eigenvalue weighted by molar-refractivity contribution is 0.518. The van der Waals surface area contributed by atoms with Gasteiger partial charge in [0.05, 0.1) is 12.5 Å². The van der Waals surface area contributed by atoms with Gasteiger partial charge in [-0.1, -0.05) is 0 Å². The van der Waals surface area contributed by atoms with E-state index in [2.05, 4.69) is 36.9 Å². The van der Waals surface area contributed by atoms with Crippen LogP contribution < -0.4 is 10.6 Å². The molecular formula is C14H19N3. The summed E-state index contributed by atoms with van der Waals surface area (Å²) in [5, 5.41) is 8.78. The van der Waals surface area contributed by atoms with Crippen molar-refractivity contribution in [3.63, 3.8) is 0 Å². The van der Waals surface area contributed by atoms with E-state index < -0.39 is 0 Å². The first kappa shape index (κ1) is 11.8. The number of anilines is 2. The maximum atomic E-state index is 8.78. The van der Waals surface area contributed by atoms with E-state index in [0.29, 0.717) is 12.1 Å². The number of hydrogen-bond acceptors (Lipinski definition) is 3. The van der Waals surface area contributed by atoms with E-state index in [9.17, 15) is 0 Å². The maximum absolute atomic E-state index is 8.78. The average Bonchev–Trinajstić information content (AvgIpc) is 2.62. The van der Waals surface area contributed by atoms with E-state index in [4.69, 9.17) is 11.0 Å². The van der Waals surface area contributed by atoms with Crippen LogP contribution in [0.2, 0.25) is 0 Å². The molecule has 1 fully saturated rings. The van der Waals surface area contributed by atoms with E-state index in [1.165, 1.54) is 18.5 Å². The van der Waals surface area contributed by atoms with Crippen molar-refractivity contribution in [3.05, 3.63) is 23.8 Å². The van der Waals surface area contributed by atoms with Gasteiger partial charge in [0.15, 0.2) is 0 Å². The van der Waals surface area contributed by atoms with E-state index in [1.807, 2.05) is 6.07 Å². The second kappa shape index (κ2) is 4.29.